The molecule has 0 heteroatoms. The molecule has 1 aliphatic carbocycles. The highest BCUT2D eigenvalue weighted by atomic mass is 14.1. The van der Waals surface area contributed by atoms with E-state index >= 15 is 0 Å². The van der Waals surface area contributed by atoms with E-state index in [4.69, 9.17) is 0 Å². The maximum Gasteiger partial charge on any atom is -0.0443 e. The van der Waals surface area contributed by atoms with E-state index in [0.717, 1.165) is 5.92 Å². The van der Waals surface area contributed by atoms with E-state index in [0.29, 0.717) is 0 Å². The van der Waals surface area contributed by atoms with Gasteiger partial charge < -0.3 is 0 Å². The van der Waals surface area contributed by atoms with Gasteiger partial charge >= 0.3 is 0 Å². The highest BCUT2D eigenvalue weighted by Gasteiger charge is 2.05. The molecule has 0 aromatic carbocycles. The molecule has 68 valence electrons. The molecule has 0 atom stereocenters. The first-order valence-corrected chi connectivity index (χ1v) is 5.31. The Hall–Kier alpha value is 0. The van der Waals surface area contributed by atoms with Gasteiger partial charge in [0.25, 0.3) is 0 Å². The second-order valence-corrected chi connectivity index (χ2v) is 3.74. The van der Waals surface area contributed by atoms with E-state index in [2.05, 4.69) is 20.8 Å². The highest BCUT2D eigenvalue weighted by molar-refractivity contribution is 4.59. The van der Waals surface area contributed by atoms with E-state index in [9.17, 15) is 0 Å². The van der Waals surface area contributed by atoms with Crippen molar-refractivity contribution in [3.63, 3.8) is 0 Å². The van der Waals surface area contributed by atoms with Crippen LogP contribution in [0.15, 0.2) is 0 Å². The predicted molar refractivity (Wildman–Crippen MR) is 52.8 cm³/mol. The van der Waals surface area contributed by atoms with Crippen LogP contribution in [0.5, 0.6) is 0 Å². The summed E-state index contributed by atoms with van der Waals surface area (Å²) in [5, 5.41) is 0. The van der Waals surface area contributed by atoms with E-state index in [1.165, 1.54) is 44.9 Å². The van der Waals surface area contributed by atoms with Crippen LogP contribution in [0, 0.1) is 5.92 Å². The Bertz CT molecular complexity index is 58.4. The average Bonchev–Trinajstić information content (AvgIpc) is 2.07. The van der Waals surface area contributed by atoms with Crippen LogP contribution in [0.1, 0.15) is 65.7 Å². The highest BCUT2D eigenvalue weighted by Crippen LogP contribution is 2.21. The monoisotopic (exact) mass is 156 g/mol. The van der Waals surface area contributed by atoms with Crippen molar-refractivity contribution in [2.45, 2.75) is 65.7 Å². The fraction of sp³-hybridized carbons (Fsp3) is 1.00. The molecular formula is C11H24. The third kappa shape index (κ3) is 7.90. The quantitative estimate of drug-likeness (QED) is 0.528. The molecule has 0 heterocycles. The van der Waals surface area contributed by atoms with Gasteiger partial charge in [-0.1, -0.05) is 65.7 Å². The number of hydrogen-bond acceptors (Lipinski definition) is 0. The third-order valence-electron chi connectivity index (χ3n) is 2.39. The third-order valence-corrected chi connectivity index (χ3v) is 2.39. The van der Waals surface area contributed by atoms with Gasteiger partial charge in [-0.3, -0.25) is 0 Å². The molecule has 0 radical (unpaired) electrons. The van der Waals surface area contributed by atoms with Gasteiger partial charge in [0.2, 0.25) is 0 Å². The Labute approximate surface area is 72.4 Å². The van der Waals surface area contributed by atoms with Crippen molar-refractivity contribution in [2.24, 2.45) is 5.92 Å². The minimum Gasteiger partial charge on any atom is -0.0654 e. The average molecular weight is 156 g/mol. The molecule has 0 bridgehead atoms. The van der Waals surface area contributed by atoms with E-state index in [1.807, 2.05) is 0 Å². The molecule has 0 spiro atoms. The van der Waals surface area contributed by atoms with Crippen LogP contribution in [0.25, 0.3) is 0 Å². The summed E-state index contributed by atoms with van der Waals surface area (Å²) in [6, 6.07) is 0. The van der Waals surface area contributed by atoms with Crippen LogP contribution < -0.4 is 0 Å². The summed E-state index contributed by atoms with van der Waals surface area (Å²) >= 11 is 0. The first-order valence-electron chi connectivity index (χ1n) is 5.31. The lowest BCUT2D eigenvalue weighted by Gasteiger charge is -2.15. The predicted octanol–water partition coefficient (Wildman–Crippen LogP) is 4.39. The number of rotatable bonds is 1. The molecule has 0 aromatic rings. The molecule has 0 N–H and O–H groups in total. The Balaban J connectivity index is 0.000000218. The lowest BCUT2D eigenvalue weighted by Crippen LogP contribution is -1.99. The molecule has 0 aromatic heterocycles. The maximum absolute atomic E-state index is 2.36. The van der Waals surface area contributed by atoms with Crippen LogP contribution in [0.3, 0.4) is 0 Å². The summed E-state index contributed by atoms with van der Waals surface area (Å²) in [4.78, 5) is 0. The summed E-state index contributed by atoms with van der Waals surface area (Å²) in [6.45, 7) is 6.72. The number of unbranched alkanes of at least 4 members (excludes halogenated alkanes) is 1. The van der Waals surface area contributed by atoms with Crippen molar-refractivity contribution >= 4 is 0 Å². The van der Waals surface area contributed by atoms with E-state index < -0.39 is 0 Å². The summed E-state index contributed by atoms with van der Waals surface area (Å²) in [7, 11) is 0. The molecule has 0 amide bonds. The van der Waals surface area contributed by atoms with Crippen LogP contribution in [0.4, 0.5) is 0 Å². The maximum atomic E-state index is 2.36. The topological polar surface area (TPSA) is 0 Å². The SMILES string of the molecule is CC1CCCCC1.CCCC. The first-order chi connectivity index (χ1) is 5.31. The normalized spacial score (nSPS) is 18.8. The van der Waals surface area contributed by atoms with Crippen molar-refractivity contribution < 1.29 is 0 Å². The standard InChI is InChI=1S/C7H14.C4H10/c1-7-5-3-2-4-6-7;1-3-4-2/h7H,2-6H2,1H3;3-4H2,1-2H3. The van der Waals surface area contributed by atoms with Crippen molar-refractivity contribution in [3.05, 3.63) is 0 Å². The van der Waals surface area contributed by atoms with Crippen molar-refractivity contribution in [2.75, 3.05) is 0 Å². The van der Waals surface area contributed by atoms with E-state index in [1.54, 1.807) is 0 Å². The zero-order valence-electron chi connectivity index (χ0n) is 8.53. The van der Waals surface area contributed by atoms with Gasteiger partial charge in [-0.25, -0.2) is 0 Å². The van der Waals surface area contributed by atoms with Gasteiger partial charge in [-0.05, 0) is 5.92 Å². The Kier molecular flexibility index (Phi) is 8.10. The molecule has 0 nitrogen and oxygen atoms in total. The van der Waals surface area contributed by atoms with Gasteiger partial charge in [0.05, 0.1) is 0 Å². The van der Waals surface area contributed by atoms with Crippen LogP contribution >= 0.6 is 0 Å². The Morgan fingerprint density at radius 3 is 1.55 bits per heavy atom. The van der Waals surface area contributed by atoms with Crippen molar-refractivity contribution in [3.8, 4) is 0 Å². The molecule has 1 fully saturated rings. The molecule has 1 aliphatic rings. The van der Waals surface area contributed by atoms with E-state index in [-0.39, 0.29) is 0 Å². The van der Waals surface area contributed by atoms with Crippen molar-refractivity contribution in [1.29, 1.82) is 0 Å². The summed E-state index contributed by atoms with van der Waals surface area (Å²) in [6.07, 6.45) is 10.1. The second kappa shape index (κ2) is 8.10. The molecule has 0 saturated heterocycles. The fourth-order valence-electron chi connectivity index (χ4n) is 1.31. The molecule has 0 aliphatic heterocycles. The smallest absolute Gasteiger partial charge is 0.0443 e. The zero-order valence-corrected chi connectivity index (χ0v) is 8.53. The largest absolute Gasteiger partial charge is 0.0654 e. The van der Waals surface area contributed by atoms with Gasteiger partial charge in [0, 0.05) is 0 Å². The Morgan fingerprint density at radius 1 is 0.909 bits per heavy atom. The van der Waals surface area contributed by atoms with Crippen LogP contribution in [-0.2, 0) is 0 Å². The fourth-order valence-corrected chi connectivity index (χ4v) is 1.31. The zero-order chi connectivity index (χ0) is 8.53. The van der Waals surface area contributed by atoms with Gasteiger partial charge in [-0.15, -0.1) is 0 Å². The lowest BCUT2D eigenvalue weighted by atomic mass is 9.91. The van der Waals surface area contributed by atoms with Gasteiger partial charge in [-0.2, -0.15) is 0 Å². The molecule has 1 saturated carbocycles. The van der Waals surface area contributed by atoms with Gasteiger partial charge in [0.15, 0.2) is 0 Å². The van der Waals surface area contributed by atoms with Crippen LogP contribution in [0.2, 0.25) is 0 Å². The van der Waals surface area contributed by atoms with Gasteiger partial charge in [0.1, 0.15) is 0 Å². The molecule has 1 rings (SSSR count). The lowest BCUT2D eigenvalue weighted by molar-refractivity contribution is 0.385. The summed E-state index contributed by atoms with van der Waals surface area (Å²) < 4.78 is 0. The summed E-state index contributed by atoms with van der Waals surface area (Å²) in [5.74, 6) is 1.04. The Morgan fingerprint density at radius 2 is 1.36 bits per heavy atom. The van der Waals surface area contributed by atoms with Crippen LogP contribution in [-0.4, -0.2) is 0 Å². The molecular weight excluding hydrogens is 132 g/mol. The summed E-state index contributed by atoms with van der Waals surface area (Å²) in [5.41, 5.74) is 0. The number of hydrogen-bond donors (Lipinski definition) is 0. The second-order valence-electron chi connectivity index (χ2n) is 3.74. The van der Waals surface area contributed by atoms with Crippen molar-refractivity contribution in [1.82, 2.24) is 0 Å². The first kappa shape index (κ1) is 11.0. The molecule has 0 unspecified atom stereocenters. The molecule has 11 heavy (non-hydrogen) atoms. The minimum atomic E-state index is 1.04. The minimum absolute atomic E-state index is 1.04.